The molecule has 1 heterocycles. The molecule has 178 valence electrons. The van der Waals surface area contributed by atoms with Crippen molar-refractivity contribution in [2.75, 3.05) is 13.7 Å². The molecule has 1 saturated heterocycles. The molecule has 1 N–H and O–H groups in total. The van der Waals surface area contributed by atoms with Crippen LogP contribution in [-0.2, 0) is 16.1 Å². The van der Waals surface area contributed by atoms with Gasteiger partial charge in [-0.3, -0.25) is 19.3 Å². The standard InChI is InChI=1S/C27H24N2O5S/c1-33-23-13-17(7-11-22(23)34-16-25(30)28-21-9-10-21)14-24-26(31)29(27(32)35-24)15-18-6-8-19-4-2-3-5-20(19)12-18/h2-8,11-14,21H,9-10,15-16H2,1H3,(H,28,30)/b24-14-. The highest BCUT2D eigenvalue weighted by Gasteiger charge is 2.35. The van der Waals surface area contributed by atoms with Crippen LogP contribution in [0.4, 0.5) is 4.79 Å². The van der Waals surface area contributed by atoms with E-state index < -0.39 is 0 Å². The van der Waals surface area contributed by atoms with E-state index in [4.69, 9.17) is 9.47 Å². The highest BCUT2D eigenvalue weighted by atomic mass is 32.2. The molecule has 0 radical (unpaired) electrons. The van der Waals surface area contributed by atoms with Crippen LogP contribution in [0, 0.1) is 0 Å². The zero-order chi connectivity index (χ0) is 24.4. The van der Waals surface area contributed by atoms with Crippen LogP contribution in [0.3, 0.4) is 0 Å². The molecule has 1 aliphatic carbocycles. The highest BCUT2D eigenvalue weighted by Crippen LogP contribution is 2.35. The van der Waals surface area contributed by atoms with E-state index in [0.717, 1.165) is 40.9 Å². The Morgan fingerprint density at radius 2 is 1.86 bits per heavy atom. The lowest BCUT2D eigenvalue weighted by Crippen LogP contribution is -2.30. The number of methoxy groups -OCH3 is 1. The summed E-state index contributed by atoms with van der Waals surface area (Å²) in [6.07, 6.45) is 3.69. The van der Waals surface area contributed by atoms with Crippen LogP contribution in [0.1, 0.15) is 24.0 Å². The maximum atomic E-state index is 13.0. The van der Waals surface area contributed by atoms with E-state index in [-0.39, 0.29) is 36.2 Å². The largest absolute Gasteiger partial charge is 0.493 e. The number of rotatable bonds is 8. The average Bonchev–Trinajstić information content (AvgIpc) is 3.64. The predicted octanol–water partition coefficient (Wildman–Crippen LogP) is 4.74. The van der Waals surface area contributed by atoms with Gasteiger partial charge in [-0.05, 0) is 70.8 Å². The smallest absolute Gasteiger partial charge is 0.293 e. The maximum Gasteiger partial charge on any atom is 0.293 e. The minimum atomic E-state index is -0.329. The van der Waals surface area contributed by atoms with E-state index in [2.05, 4.69) is 5.32 Å². The van der Waals surface area contributed by atoms with Gasteiger partial charge >= 0.3 is 0 Å². The third-order valence-corrected chi connectivity index (χ3v) is 6.72. The van der Waals surface area contributed by atoms with Gasteiger partial charge in [0.15, 0.2) is 18.1 Å². The monoisotopic (exact) mass is 488 g/mol. The maximum absolute atomic E-state index is 13.0. The molecule has 3 amide bonds. The Hall–Kier alpha value is -3.78. The molecule has 35 heavy (non-hydrogen) atoms. The molecule has 0 bridgehead atoms. The van der Waals surface area contributed by atoms with Gasteiger partial charge in [-0.25, -0.2) is 0 Å². The van der Waals surface area contributed by atoms with Crippen molar-refractivity contribution < 1.29 is 23.9 Å². The normalized spacial score (nSPS) is 16.7. The first-order valence-corrected chi connectivity index (χ1v) is 12.1. The zero-order valence-corrected chi connectivity index (χ0v) is 20.0. The first-order chi connectivity index (χ1) is 17.0. The van der Waals surface area contributed by atoms with Gasteiger partial charge in [0.25, 0.3) is 17.1 Å². The van der Waals surface area contributed by atoms with Crippen molar-refractivity contribution in [3.8, 4) is 11.5 Å². The number of carbonyl (C=O) groups is 3. The van der Waals surface area contributed by atoms with Crippen molar-refractivity contribution in [1.82, 2.24) is 10.2 Å². The Labute approximate surface area is 207 Å². The Morgan fingerprint density at radius 3 is 2.63 bits per heavy atom. The summed E-state index contributed by atoms with van der Waals surface area (Å²) in [5.74, 6) is 0.372. The molecular weight excluding hydrogens is 464 g/mol. The topological polar surface area (TPSA) is 84.9 Å². The summed E-state index contributed by atoms with van der Waals surface area (Å²) in [7, 11) is 1.51. The zero-order valence-electron chi connectivity index (χ0n) is 19.2. The number of nitrogens with one attached hydrogen (secondary N) is 1. The number of carbonyl (C=O) groups excluding carboxylic acids is 3. The molecule has 8 heteroatoms. The van der Waals surface area contributed by atoms with Gasteiger partial charge in [-0.15, -0.1) is 0 Å². The second kappa shape index (κ2) is 9.84. The van der Waals surface area contributed by atoms with Gasteiger partial charge in [0, 0.05) is 6.04 Å². The van der Waals surface area contributed by atoms with Gasteiger partial charge in [0.1, 0.15) is 0 Å². The Morgan fingerprint density at radius 1 is 1.06 bits per heavy atom. The molecule has 0 atom stereocenters. The van der Waals surface area contributed by atoms with Crippen molar-refractivity contribution in [1.29, 1.82) is 0 Å². The molecule has 2 fully saturated rings. The summed E-state index contributed by atoms with van der Waals surface area (Å²) < 4.78 is 11.0. The highest BCUT2D eigenvalue weighted by molar-refractivity contribution is 8.18. The fourth-order valence-electron chi connectivity index (χ4n) is 3.84. The van der Waals surface area contributed by atoms with Gasteiger partial charge in [0.05, 0.1) is 18.6 Å². The Balaban J connectivity index is 1.28. The third-order valence-electron chi connectivity index (χ3n) is 5.81. The second-order valence-corrected chi connectivity index (χ2v) is 9.48. The van der Waals surface area contributed by atoms with Crippen molar-refractivity contribution in [3.05, 3.63) is 76.7 Å². The fourth-order valence-corrected chi connectivity index (χ4v) is 4.68. The van der Waals surface area contributed by atoms with Crippen LogP contribution in [0.25, 0.3) is 16.8 Å². The van der Waals surface area contributed by atoms with Crippen LogP contribution in [0.5, 0.6) is 11.5 Å². The van der Waals surface area contributed by atoms with Gasteiger partial charge in [-0.2, -0.15) is 0 Å². The SMILES string of the molecule is COc1cc(/C=C2\SC(=O)N(Cc3ccc4ccccc4c3)C2=O)ccc1OCC(=O)NC1CC1. The number of hydrogen-bond donors (Lipinski definition) is 1. The van der Waals surface area contributed by atoms with E-state index in [1.165, 1.54) is 12.0 Å². The molecular formula is C27H24N2O5S. The molecule has 1 saturated carbocycles. The first-order valence-electron chi connectivity index (χ1n) is 11.3. The quantitative estimate of drug-likeness (QED) is 0.461. The van der Waals surface area contributed by atoms with E-state index in [1.807, 2.05) is 42.5 Å². The molecule has 3 aromatic rings. The second-order valence-electron chi connectivity index (χ2n) is 8.49. The van der Waals surface area contributed by atoms with Crippen LogP contribution in [0.15, 0.2) is 65.6 Å². The summed E-state index contributed by atoms with van der Waals surface area (Å²) in [6, 6.07) is 19.3. The number of benzene rings is 3. The van der Waals surface area contributed by atoms with Crippen LogP contribution in [-0.4, -0.2) is 41.7 Å². The van der Waals surface area contributed by atoms with Gasteiger partial charge in [-0.1, -0.05) is 42.5 Å². The van der Waals surface area contributed by atoms with E-state index in [0.29, 0.717) is 22.0 Å². The molecule has 0 unspecified atom stereocenters. The van der Waals surface area contributed by atoms with Crippen molar-refractivity contribution in [2.45, 2.75) is 25.4 Å². The van der Waals surface area contributed by atoms with Crippen molar-refractivity contribution in [2.24, 2.45) is 0 Å². The first kappa shape index (κ1) is 23.0. The summed E-state index contributed by atoms with van der Waals surface area (Å²) in [5, 5.41) is 4.74. The van der Waals surface area contributed by atoms with Crippen LogP contribution >= 0.6 is 11.8 Å². The van der Waals surface area contributed by atoms with Crippen LogP contribution < -0.4 is 14.8 Å². The Bertz CT molecular complexity index is 1350. The number of ether oxygens (including phenoxy) is 2. The Kier molecular flexibility index (Phi) is 6.46. The molecule has 1 aliphatic heterocycles. The van der Waals surface area contributed by atoms with Gasteiger partial charge in [0.2, 0.25) is 0 Å². The molecule has 5 rings (SSSR count). The van der Waals surface area contributed by atoms with E-state index in [9.17, 15) is 14.4 Å². The van der Waals surface area contributed by atoms with E-state index in [1.54, 1.807) is 24.3 Å². The minimum absolute atomic E-state index is 0.0974. The summed E-state index contributed by atoms with van der Waals surface area (Å²) in [6.45, 7) is 0.117. The van der Waals surface area contributed by atoms with Crippen molar-refractivity contribution in [3.63, 3.8) is 0 Å². The average molecular weight is 489 g/mol. The number of fused-ring (bicyclic) bond motifs is 1. The lowest BCUT2D eigenvalue weighted by molar-refractivity contribution is -0.124. The van der Waals surface area contributed by atoms with Crippen LogP contribution in [0.2, 0.25) is 0 Å². The lowest BCUT2D eigenvalue weighted by atomic mass is 10.1. The minimum Gasteiger partial charge on any atom is -0.493 e. The van der Waals surface area contributed by atoms with E-state index >= 15 is 0 Å². The number of nitrogens with zero attached hydrogens (tertiary/aromatic N) is 1. The molecule has 0 spiro atoms. The number of thioether (sulfide) groups is 1. The molecule has 2 aliphatic rings. The molecule has 0 aromatic heterocycles. The number of imide groups is 1. The summed E-state index contributed by atoms with van der Waals surface area (Å²) >= 11 is 0.916. The van der Waals surface area contributed by atoms with Gasteiger partial charge < -0.3 is 14.8 Å². The number of amides is 3. The molecule has 3 aromatic carbocycles. The summed E-state index contributed by atoms with van der Waals surface area (Å²) in [4.78, 5) is 39.1. The predicted molar refractivity (Wildman–Crippen MR) is 135 cm³/mol. The number of hydrogen-bond acceptors (Lipinski definition) is 6. The van der Waals surface area contributed by atoms with Crippen molar-refractivity contribution >= 4 is 45.7 Å². The fraction of sp³-hybridized carbons (Fsp3) is 0.222. The summed E-state index contributed by atoms with van der Waals surface area (Å²) in [5.41, 5.74) is 1.58. The third kappa shape index (κ3) is 5.33. The molecule has 7 nitrogen and oxygen atoms in total. The lowest BCUT2D eigenvalue weighted by Gasteiger charge is -2.13.